The van der Waals surface area contributed by atoms with Crippen LogP contribution in [0.1, 0.15) is 54.1 Å². The van der Waals surface area contributed by atoms with Gasteiger partial charge in [0.25, 0.3) is 0 Å². The van der Waals surface area contributed by atoms with Crippen molar-refractivity contribution in [1.29, 1.82) is 0 Å². The first-order chi connectivity index (χ1) is 21.3. The molecule has 44 heavy (non-hydrogen) atoms. The number of rotatable bonds is 10. The summed E-state index contributed by atoms with van der Waals surface area (Å²) in [5, 5.41) is 0. The van der Waals surface area contributed by atoms with Crippen LogP contribution in [0.4, 0.5) is 0 Å². The number of aryl methyl sites for hydroxylation is 3. The van der Waals surface area contributed by atoms with Gasteiger partial charge < -0.3 is 24.9 Å². The Bertz CT molecular complexity index is 1830. The second-order valence-electron chi connectivity index (χ2n) is 12.2. The maximum absolute atomic E-state index is 13.4. The number of methoxy groups -OCH3 is 1. The van der Waals surface area contributed by atoms with Gasteiger partial charge in [-0.25, -0.2) is 9.78 Å². The number of benzene rings is 3. The number of aromatic amines is 1. The number of hydrogen-bond acceptors (Lipinski definition) is 5. The topological polar surface area (TPSA) is 111 Å². The summed E-state index contributed by atoms with van der Waals surface area (Å²) in [6, 6.07) is 19.9. The minimum atomic E-state index is -0.297. The lowest BCUT2D eigenvalue weighted by molar-refractivity contribution is -0.132. The molecule has 5 aromatic rings. The number of H-pyrrole nitrogens is 1. The van der Waals surface area contributed by atoms with Crippen molar-refractivity contribution in [3.8, 4) is 5.69 Å². The average Bonchev–Trinajstić information content (AvgIpc) is 3.54. The van der Waals surface area contributed by atoms with Gasteiger partial charge in [0.05, 0.1) is 27.8 Å². The average molecular weight is 595 g/mol. The molecule has 2 aromatic heterocycles. The number of likely N-dealkylation sites (tertiary alicyclic amines) is 1. The summed E-state index contributed by atoms with van der Waals surface area (Å²) >= 11 is 0. The smallest absolute Gasteiger partial charge is 0.331 e. The second-order valence-corrected chi connectivity index (χ2v) is 12.2. The first kappa shape index (κ1) is 29.8. The molecule has 0 saturated carbocycles. The molecule has 1 saturated heterocycles. The summed E-state index contributed by atoms with van der Waals surface area (Å²) in [5.74, 6) is 1.34. The SMILES string of the molecule is COCCCn1c([C@@H]2CCCN(C(=O)C[C@H](N)Cc3ccc(-n4c(=O)[nH]c5cc(C)c(C)cc54)cc3)C2)nc2ccccc21. The summed E-state index contributed by atoms with van der Waals surface area (Å²) in [5.41, 5.74) is 14.3. The Morgan fingerprint density at radius 3 is 2.66 bits per heavy atom. The minimum Gasteiger partial charge on any atom is -0.385 e. The van der Waals surface area contributed by atoms with Crippen molar-refractivity contribution in [2.24, 2.45) is 5.73 Å². The van der Waals surface area contributed by atoms with Crippen LogP contribution in [0.3, 0.4) is 0 Å². The number of ether oxygens (including phenoxy) is 1. The fourth-order valence-corrected chi connectivity index (χ4v) is 6.55. The molecule has 1 aliphatic rings. The van der Waals surface area contributed by atoms with Gasteiger partial charge in [0.2, 0.25) is 5.91 Å². The molecule has 9 nitrogen and oxygen atoms in total. The number of nitrogens with two attached hydrogens (primary N) is 1. The van der Waals surface area contributed by atoms with E-state index in [1.165, 1.54) is 0 Å². The molecule has 230 valence electrons. The molecule has 0 aliphatic carbocycles. The van der Waals surface area contributed by atoms with Gasteiger partial charge in [-0.2, -0.15) is 0 Å². The maximum atomic E-state index is 13.4. The van der Waals surface area contributed by atoms with E-state index in [0.717, 1.165) is 82.6 Å². The van der Waals surface area contributed by atoms with Crippen LogP contribution in [0.2, 0.25) is 0 Å². The molecule has 9 heteroatoms. The van der Waals surface area contributed by atoms with Crippen LogP contribution in [-0.4, -0.2) is 62.8 Å². The highest BCUT2D eigenvalue weighted by Gasteiger charge is 2.29. The fourth-order valence-electron chi connectivity index (χ4n) is 6.55. The lowest BCUT2D eigenvalue weighted by Gasteiger charge is -2.33. The van der Waals surface area contributed by atoms with Gasteiger partial charge in [-0.15, -0.1) is 0 Å². The Morgan fingerprint density at radius 2 is 1.86 bits per heavy atom. The molecule has 3 aromatic carbocycles. The number of nitrogens with zero attached hydrogens (tertiary/aromatic N) is 4. The minimum absolute atomic E-state index is 0.0943. The van der Waals surface area contributed by atoms with Crippen LogP contribution < -0.4 is 11.4 Å². The Balaban J connectivity index is 1.11. The first-order valence-electron chi connectivity index (χ1n) is 15.6. The predicted molar refractivity (Wildman–Crippen MR) is 174 cm³/mol. The van der Waals surface area contributed by atoms with E-state index in [1.807, 2.05) is 61.2 Å². The zero-order chi connectivity index (χ0) is 30.8. The molecule has 1 amide bonds. The number of aromatic nitrogens is 4. The van der Waals surface area contributed by atoms with Gasteiger partial charge in [0.1, 0.15) is 5.82 Å². The molecule has 6 rings (SSSR count). The zero-order valence-corrected chi connectivity index (χ0v) is 25.9. The Hall–Kier alpha value is -4.21. The van der Waals surface area contributed by atoms with E-state index in [4.69, 9.17) is 15.5 Å². The highest BCUT2D eigenvalue weighted by molar-refractivity contribution is 5.79. The van der Waals surface area contributed by atoms with E-state index < -0.39 is 0 Å². The van der Waals surface area contributed by atoms with Crippen molar-refractivity contribution in [3.63, 3.8) is 0 Å². The van der Waals surface area contributed by atoms with Gasteiger partial charge in [-0.3, -0.25) is 9.36 Å². The predicted octanol–water partition coefficient (Wildman–Crippen LogP) is 4.99. The van der Waals surface area contributed by atoms with E-state index in [1.54, 1.807) is 11.7 Å². The van der Waals surface area contributed by atoms with E-state index in [-0.39, 0.29) is 23.6 Å². The number of nitrogens with one attached hydrogen (secondary N) is 1. The monoisotopic (exact) mass is 594 g/mol. The summed E-state index contributed by atoms with van der Waals surface area (Å²) in [7, 11) is 1.73. The summed E-state index contributed by atoms with van der Waals surface area (Å²) < 4.78 is 9.32. The molecule has 1 fully saturated rings. The van der Waals surface area contributed by atoms with E-state index in [9.17, 15) is 9.59 Å². The second kappa shape index (κ2) is 12.8. The molecule has 3 heterocycles. The highest BCUT2D eigenvalue weighted by Crippen LogP contribution is 2.30. The van der Waals surface area contributed by atoms with E-state index in [2.05, 4.69) is 27.8 Å². The van der Waals surface area contributed by atoms with Crippen molar-refractivity contribution in [2.75, 3.05) is 26.8 Å². The number of para-hydroxylation sites is 2. The van der Waals surface area contributed by atoms with Crippen LogP contribution in [-0.2, 0) is 22.5 Å². The van der Waals surface area contributed by atoms with Gasteiger partial charge in [0, 0.05) is 51.7 Å². The first-order valence-corrected chi connectivity index (χ1v) is 15.6. The third kappa shape index (κ3) is 6.07. The number of hydrogen-bond donors (Lipinski definition) is 2. The van der Waals surface area contributed by atoms with Crippen molar-refractivity contribution in [1.82, 2.24) is 24.0 Å². The number of amides is 1. The molecule has 3 N–H and O–H groups in total. The summed E-state index contributed by atoms with van der Waals surface area (Å²) in [6.07, 6.45) is 3.74. The molecule has 0 bridgehead atoms. The molecule has 0 spiro atoms. The number of imidazole rings is 2. The van der Waals surface area contributed by atoms with Crippen LogP contribution in [0.15, 0.2) is 65.5 Å². The lowest BCUT2D eigenvalue weighted by Crippen LogP contribution is -2.42. The van der Waals surface area contributed by atoms with Gasteiger partial charge in [-0.05, 0) is 92.6 Å². The number of piperidine rings is 1. The molecule has 0 radical (unpaired) electrons. The Labute approximate surface area is 257 Å². The van der Waals surface area contributed by atoms with E-state index >= 15 is 0 Å². The van der Waals surface area contributed by atoms with Crippen LogP contribution in [0.25, 0.3) is 27.8 Å². The van der Waals surface area contributed by atoms with Crippen molar-refractivity contribution < 1.29 is 9.53 Å². The van der Waals surface area contributed by atoms with Crippen molar-refractivity contribution in [3.05, 3.63) is 93.7 Å². The number of fused-ring (bicyclic) bond motifs is 2. The van der Waals surface area contributed by atoms with Gasteiger partial charge in [0.15, 0.2) is 0 Å². The van der Waals surface area contributed by atoms with Gasteiger partial charge in [-0.1, -0.05) is 24.3 Å². The fraction of sp³-hybridized carbons (Fsp3) is 0.400. The molecule has 1 aliphatic heterocycles. The number of carbonyl (C=O) groups excluding carboxylic acids is 1. The zero-order valence-electron chi connectivity index (χ0n) is 25.9. The normalized spacial score (nSPS) is 16.2. The molecule has 2 atom stereocenters. The molecule has 0 unspecified atom stereocenters. The van der Waals surface area contributed by atoms with Crippen LogP contribution >= 0.6 is 0 Å². The van der Waals surface area contributed by atoms with Crippen molar-refractivity contribution >= 4 is 28.0 Å². The third-order valence-corrected chi connectivity index (χ3v) is 8.98. The standard InChI is InChI=1S/C35H42N6O3/c1-23-18-30-32(19-24(23)2)41(35(43)38-30)28-13-11-25(12-14-28)20-27(36)21-33(42)39-15-6-8-26(22-39)34-37-29-9-4-5-10-31(29)40(34)16-7-17-44-3/h4-5,9-14,18-19,26-27H,6-8,15-17,20-22,36H2,1-3H3,(H,38,43)/t26-,27-/m1/s1. The highest BCUT2D eigenvalue weighted by atomic mass is 16.5. The van der Waals surface area contributed by atoms with Crippen molar-refractivity contribution in [2.45, 2.75) is 64.5 Å². The third-order valence-electron chi connectivity index (χ3n) is 8.98. The summed E-state index contributed by atoms with van der Waals surface area (Å²) in [4.78, 5) is 36.2. The molecular weight excluding hydrogens is 552 g/mol. The Kier molecular flexibility index (Phi) is 8.68. The van der Waals surface area contributed by atoms with Crippen LogP contribution in [0, 0.1) is 13.8 Å². The van der Waals surface area contributed by atoms with E-state index in [0.29, 0.717) is 26.0 Å². The maximum Gasteiger partial charge on any atom is 0.331 e. The molecular formula is C35H42N6O3. The van der Waals surface area contributed by atoms with Gasteiger partial charge >= 0.3 is 5.69 Å². The lowest BCUT2D eigenvalue weighted by atomic mass is 9.96. The Morgan fingerprint density at radius 1 is 1.09 bits per heavy atom. The number of carbonyl (C=O) groups is 1. The largest absolute Gasteiger partial charge is 0.385 e. The summed E-state index contributed by atoms with van der Waals surface area (Å²) in [6.45, 7) is 7.03. The quantitative estimate of drug-likeness (QED) is 0.222. The van der Waals surface area contributed by atoms with Crippen LogP contribution in [0.5, 0.6) is 0 Å².